The first-order chi connectivity index (χ1) is 17.5. The van der Waals surface area contributed by atoms with E-state index in [-0.39, 0.29) is 29.7 Å². The molecule has 3 aliphatic rings. The molecule has 2 saturated heterocycles. The van der Waals surface area contributed by atoms with Crippen LogP contribution in [0, 0.1) is 5.41 Å². The highest BCUT2D eigenvalue weighted by Gasteiger charge is 2.43. The Morgan fingerprint density at radius 1 is 0.889 bits per heavy atom. The van der Waals surface area contributed by atoms with Gasteiger partial charge in [-0.1, -0.05) is 54.6 Å². The van der Waals surface area contributed by atoms with E-state index < -0.39 is 6.10 Å². The van der Waals surface area contributed by atoms with Crippen LogP contribution >= 0.6 is 0 Å². The lowest BCUT2D eigenvalue weighted by molar-refractivity contribution is -0.132. The molecule has 2 fully saturated rings. The Bertz CT molecular complexity index is 1340. The van der Waals surface area contributed by atoms with E-state index in [1.54, 1.807) is 6.07 Å². The lowest BCUT2D eigenvalue weighted by Gasteiger charge is -2.39. The van der Waals surface area contributed by atoms with Gasteiger partial charge >= 0.3 is 12.0 Å². The van der Waals surface area contributed by atoms with Crippen molar-refractivity contribution in [2.75, 3.05) is 31.5 Å². The number of nitrogens with one attached hydrogen (secondary N) is 1. The number of urea groups is 1. The van der Waals surface area contributed by atoms with Crippen molar-refractivity contribution in [1.29, 1.82) is 0 Å². The predicted octanol–water partition coefficient (Wildman–Crippen LogP) is 4.99. The minimum absolute atomic E-state index is 0.0255. The summed E-state index contributed by atoms with van der Waals surface area (Å²) in [5.74, 6) is -0.326. The predicted molar refractivity (Wildman–Crippen MR) is 137 cm³/mol. The Morgan fingerprint density at radius 2 is 1.58 bits per heavy atom. The topological polar surface area (TPSA) is 79.0 Å². The van der Waals surface area contributed by atoms with Crippen LogP contribution in [0.2, 0.25) is 0 Å². The molecular formula is C29H29N3O4. The van der Waals surface area contributed by atoms with E-state index in [2.05, 4.69) is 5.32 Å². The molecule has 3 aromatic rings. The average Bonchev–Trinajstić information content (AvgIpc) is 3.46. The molecule has 0 aromatic heterocycles. The number of nitrogens with zero attached hydrogens (tertiary/aromatic N) is 2. The molecule has 1 unspecified atom stereocenters. The number of esters is 1. The zero-order valence-electron chi connectivity index (χ0n) is 20.1. The molecule has 3 amide bonds. The first-order valence-corrected chi connectivity index (χ1v) is 12.6. The highest BCUT2D eigenvalue weighted by atomic mass is 16.5. The van der Waals surface area contributed by atoms with Gasteiger partial charge in [-0.05, 0) is 42.2 Å². The van der Waals surface area contributed by atoms with Crippen LogP contribution in [0.3, 0.4) is 0 Å². The van der Waals surface area contributed by atoms with E-state index in [4.69, 9.17) is 4.74 Å². The number of benzene rings is 3. The van der Waals surface area contributed by atoms with Crippen molar-refractivity contribution < 1.29 is 19.1 Å². The number of anilines is 1. The molecule has 7 heteroatoms. The fraction of sp³-hybridized carbons (Fsp3) is 0.345. The molecule has 0 saturated carbocycles. The number of rotatable bonds is 3. The molecular weight excluding hydrogens is 454 g/mol. The quantitative estimate of drug-likeness (QED) is 0.533. The Hall–Kier alpha value is -3.87. The van der Waals surface area contributed by atoms with E-state index >= 15 is 0 Å². The normalized spacial score (nSPS) is 20.4. The van der Waals surface area contributed by atoms with Crippen molar-refractivity contribution in [2.24, 2.45) is 5.41 Å². The van der Waals surface area contributed by atoms with Crippen molar-refractivity contribution in [3.63, 3.8) is 0 Å². The van der Waals surface area contributed by atoms with Gasteiger partial charge in [0.05, 0.1) is 17.7 Å². The number of likely N-dealkylation sites (tertiary alicyclic amines) is 2. The second kappa shape index (κ2) is 8.97. The third-order valence-electron chi connectivity index (χ3n) is 8.07. The maximum absolute atomic E-state index is 13.1. The molecule has 1 atom stereocenters. The summed E-state index contributed by atoms with van der Waals surface area (Å²) in [6.07, 6.45) is 2.37. The van der Waals surface area contributed by atoms with Crippen molar-refractivity contribution in [3.8, 4) is 0 Å². The first-order valence-electron chi connectivity index (χ1n) is 12.6. The summed E-state index contributed by atoms with van der Waals surface area (Å²) >= 11 is 0. The Balaban J connectivity index is 1.04. The van der Waals surface area contributed by atoms with Gasteiger partial charge in [0.25, 0.3) is 0 Å². The number of carbonyl (C=O) groups is 3. The molecule has 1 spiro atoms. The molecule has 184 valence electrons. The van der Waals surface area contributed by atoms with Crippen LogP contribution in [-0.4, -0.2) is 53.9 Å². The number of hydrogen-bond acceptors (Lipinski definition) is 4. The van der Waals surface area contributed by atoms with Gasteiger partial charge in [-0.15, -0.1) is 0 Å². The smallest absolute Gasteiger partial charge is 0.339 e. The summed E-state index contributed by atoms with van der Waals surface area (Å²) < 4.78 is 5.48. The summed E-state index contributed by atoms with van der Waals surface area (Å²) in [7, 11) is 0. The van der Waals surface area contributed by atoms with Crippen molar-refractivity contribution in [3.05, 3.63) is 77.9 Å². The number of hydrogen-bond donors (Lipinski definition) is 1. The molecule has 36 heavy (non-hydrogen) atoms. The summed E-state index contributed by atoms with van der Waals surface area (Å²) in [5, 5.41) is 5.22. The van der Waals surface area contributed by atoms with Gasteiger partial charge in [0.1, 0.15) is 6.10 Å². The molecule has 1 N–H and O–H groups in total. The van der Waals surface area contributed by atoms with E-state index in [0.717, 1.165) is 41.3 Å². The molecule has 3 aliphatic heterocycles. The second-order valence-corrected chi connectivity index (χ2v) is 10.2. The molecule has 0 bridgehead atoms. The largest absolute Gasteiger partial charge is 0.453 e. The highest BCUT2D eigenvalue weighted by molar-refractivity contribution is 6.01. The summed E-state index contributed by atoms with van der Waals surface area (Å²) in [6.45, 7) is 2.76. The fourth-order valence-electron chi connectivity index (χ4n) is 5.93. The van der Waals surface area contributed by atoms with Crippen molar-refractivity contribution in [2.45, 2.75) is 31.8 Å². The average molecular weight is 484 g/mol. The number of piperidine rings is 1. The Labute approximate surface area is 210 Å². The summed E-state index contributed by atoms with van der Waals surface area (Å²) in [5.41, 5.74) is 2.23. The number of cyclic esters (lactones) is 1. The number of amides is 3. The molecule has 0 radical (unpaired) electrons. The van der Waals surface area contributed by atoms with Crippen LogP contribution < -0.4 is 5.32 Å². The zero-order chi connectivity index (χ0) is 24.7. The van der Waals surface area contributed by atoms with Gasteiger partial charge in [0, 0.05) is 37.1 Å². The van der Waals surface area contributed by atoms with E-state index in [0.29, 0.717) is 31.7 Å². The van der Waals surface area contributed by atoms with Crippen molar-refractivity contribution >= 4 is 34.4 Å². The van der Waals surface area contributed by atoms with Gasteiger partial charge < -0.3 is 19.9 Å². The van der Waals surface area contributed by atoms with Crippen molar-refractivity contribution in [1.82, 2.24) is 9.80 Å². The van der Waals surface area contributed by atoms with Gasteiger partial charge in [0.2, 0.25) is 5.91 Å². The molecule has 3 aromatic carbocycles. The van der Waals surface area contributed by atoms with Gasteiger partial charge in [-0.3, -0.25) is 4.79 Å². The third-order valence-corrected chi connectivity index (χ3v) is 8.07. The zero-order valence-corrected chi connectivity index (χ0v) is 20.1. The fourth-order valence-corrected chi connectivity index (χ4v) is 5.93. The van der Waals surface area contributed by atoms with Crippen LogP contribution in [0.5, 0.6) is 0 Å². The molecule has 6 rings (SSSR count). The summed E-state index contributed by atoms with van der Waals surface area (Å²) in [4.78, 5) is 42.0. The minimum atomic E-state index is -0.502. The van der Waals surface area contributed by atoms with E-state index in [1.807, 2.05) is 70.5 Å². The Kier molecular flexibility index (Phi) is 5.63. The molecule has 7 nitrogen and oxygen atoms in total. The van der Waals surface area contributed by atoms with Gasteiger partial charge in [-0.2, -0.15) is 0 Å². The monoisotopic (exact) mass is 483 g/mol. The Morgan fingerprint density at radius 3 is 2.42 bits per heavy atom. The minimum Gasteiger partial charge on any atom is -0.453 e. The highest BCUT2D eigenvalue weighted by Crippen LogP contribution is 2.42. The van der Waals surface area contributed by atoms with Crippen LogP contribution in [0.25, 0.3) is 10.8 Å². The van der Waals surface area contributed by atoms with E-state index in [9.17, 15) is 14.4 Å². The maximum atomic E-state index is 13.1. The number of carbonyl (C=O) groups excluding carboxylic acids is 3. The van der Waals surface area contributed by atoms with Gasteiger partial charge in [0.15, 0.2) is 0 Å². The molecule has 3 heterocycles. The lowest BCUT2D eigenvalue weighted by Crippen LogP contribution is -2.46. The lowest BCUT2D eigenvalue weighted by atomic mass is 9.78. The van der Waals surface area contributed by atoms with Crippen LogP contribution in [-0.2, 0) is 9.53 Å². The van der Waals surface area contributed by atoms with Crippen LogP contribution in [0.1, 0.15) is 47.7 Å². The van der Waals surface area contributed by atoms with Crippen LogP contribution in [0.4, 0.5) is 10.5 Å². The third kappa shape index (κ3) is 4.08. The SMILES string of the molecule is O=C1OC(CC(=O)N2CCC3(CCN(C(=O)Nc4cccc5ccccc45)CC3)C2)c2ccccc21. The van der Waals surface area contributed by atoms with Crippen LogP contribution in [0.15, 0.2) is 66.7 Å². The molecule has 0 aliphatic carbocycles. The van der Waals surface area contributed by atoms with Gasteiger partial charge in [-0.25, -0.2) is 9.59 Å². The van der Waals surface area contributed by atoms with E-state index in [1.165, 1.54) is 0 Å². The standard InChI is InChI=1S/C29H29N3O4/c33-26(18-25-22-9-3-4-10-23(22)27(34)36-25)32-17-14-29(19-32)12-15-31(16-13-29)28(35)30-24-11-5-7-20-6-1-2-8-21(20)24/h1-11,25H,12-19H2,(H,30,35). The summed E-state index contributed by atoms with van der Waals surface area (Å²) in [6, 6.07) is 21.2. The number of ether oxygens (including phenoxy) is 1. The number of fused-ring (bicyclic) bond motifs is 2. The first kappa shape index (κ1) is 22.6. The second-order valence-electron chi connectivity index (χ2n) is 10.2. The maximum Gasteiger partial charge on any atom is 0.339 e.